The quantitative estimate of drug-likeness (QED) is 0.0385. The molecule has 0 saturated heterocycles. The Kier molecular flexibility index (Phi) is 34.4. The Morgan fingerprint density at radius 2 is 0.980 bits per heavy atom. The second-order valence-corrected chi connectivity index (χ2v) is 15.9. The number of hydrogen-bond donors (Lipinski definition) is 1. The number of carbonyl (C=O) groups is 2. The average Bonchev–Trinajstić information content (AvgIpc) is 3.06. The van der Waals surface area contributed by atoms with Gasteiger partial charge in [0.2, 0.25) is 5.91 Å². The Morgan fingerprint density at radius 1 is 0.551 bits per heavy atom. The summed E-state index contributed by atoms with van der Waals surface area (Å²) in [5.41, 5.74) is 0. The Morgan fingerprint density at radius 3 is 1.45 bits per heavy atom. The van der Waals surface area contributed by atoms with Crippen molar-refractivity contribution >= 4 is 22.0 Å². The number of hydrogen-bond acceptors (Lipinski definition) is 7. The molecule has 0 aliphatic carbocycles. The van der Waals surface area contributed by atoms with Gasteiger partial charge in [0.25, 0.3) is 10.1 Å². The third-order valence-electron chi connectivity index (χ3n) is 9.17. The Hall–Kier alpha value is -1.19. The van der Waals surface area contributed by atoms with Crippen LogP contribution in [-0.4, -0.2) is 58.5 Å². The number of ether oxygens (including phenoxy) is 2. The maximum Gasteiger partial charge on any atom is 0.306 e. The van der Waals surface area contributed by atoms with Crippen molar-refractivity contribution in [1.29, 1.82) is 0 Å². The molecule has 0 aromatic heterocycles. The molecule has 2 atom stereocenters. The van der Waals surface area contributed by atoms with Gasteiger partial charge in [0, 0.05) is 19.3 Å². The Balaban J connectivity index is 4.56. The van der Waals surface area contributed by atoms with Crippen LogP contribution in [0.3, 0.4) is 0 Å². The van der Waals surface area contributed by atoms with E-state index in [1.807, 2.05) is 0 Å². The van der Waals surface area contributed by atoms with E-state index < -0.39 is 16.2 Å². The molecular formula is C40H79NO7S. The van der Waals surface area contributed by atoms with E-state index in [4.69, 9.17) is 13.7 Å². The molecule has 1 amide bonds. The lowest BCUT2D eigenvalue weighted by atomic mass is 10.1. The highest BCUT2D eigenvalue weighted by Gasteiger charge is 2.18. The Bertz CT molecular complexity index is 852. The van der Waals surface area contributed by atoms with Crippen molar-refractivity contribution in [2.45, 2.75) is 219 Å². The summed E-state index contributed by atoms with van der Waals surface area (Å²) in [5.74, 6) is -0.243. The second kappa shape index (κ2) is 35.2. The zero-order valence-electron chi connectivity index (χ0n) is 32.5. The summed E-state index contributed by atoms with van der Waals surface area (Å²) < 4.78 is 40.1. The maximum absolute atomic E-state index is 12.7. The summed E-state index contributed by atoms with van der Waals surface area (Å²) in [6.45, 7) is 7.00. The first-order valence-corrected chi connectivity index (χ1v) is 22.4. The van der Waals surface area contributed by atoms with Crippen molar-refractivity contribution in [2.24, 2.45) is 0 Å². The van der Waals surface area contributed by atoms with E-state index in [1.54, 1.807) is 0 Å². The fourth-order valence-corrected chi connectivity index (χ4v) is 6.50. The molecule has 0 aliphatic rings. The summed E-state index contributed by atoms with van der Waals surface area (Å²) in [6.07, 6.45) is 33.0. The monoisotopic (exact) mass is 718 g/mol. The predicted octanol–water partition coefficient (Wildman–Crippen LogP) is 10.7. The standard InChI is InChI=1S/C40H79NO7S/c1-5-8-11-14-16-18-19-21-22-25-28-31-39(42)41-37(36-47-49(4,44)45)35-46-34-33-38(30-27-24-13-10-7-3)48-40(43)32-29-26-23-20-17-15-12-9-6-2/h37-38H,5-36H2,1-4H3,(H,41,42)/t37-,38-/m1/s1. The molecular weight excluding hydrogens is 639 g/mol. The molecule has 0 fully saturated rings. The van der Waals surface area contributed by atoms with E-state index in [0.29, 0.717) is 25.9 Å². The minimum absolute atomic E-state index is 0.114. The molecule has 1 N–H and O–H groups in total. The molecule has 0 aromatic rings. The van der Waals surface area contributed by atoms with Crippen molar-refractivity contribution in [2.75, 3.05) is 26.1 Å². The van der Waals surface area contributed by atoms with Gasteiger partial charge in [-0.05, 0) is 25.7 Å². The van der Waals surface area contributed by atoms with E-state index in [9.17, 15) is 18.0 Å². The van der Waals surface area contributed by atoms with Gasteiger partial charge in [-0.15, -0.1) is 0 Å². The molecule has 0 aromatic carbocycles. The lowest BCUT2D eigenvalue weighted by molar-refractivity contribution is -0.150. The Labute approximate surface area is 303 Å². The number of rotatable bonds is 38. The van der Waals surface area contributed by atoms with Crippen LogP contribution in [0.25, 0.3) is 0 Å². The van der Waals surface area contributed by atoms with Crippen molar-refractivity contribution in [3.05, 3.63) is 0 Å². The molecule has 8 nitrogen and oxygen atoms in total. The maximum atomic E-state index is 12.7. The zero-order chi connectivity index (χ0) is 36.3. The van der Waals surface area contributed by atoms with Gasteiger partial charge in [-0.25, -0.2) is 0 Å². The molecule has 0 unspecified atom stereocenters. The van der Waals surface area contributed by atoms with Gasteiger partial charge in [0.1, 0.15) is 6.10 Å². The highest BCUT2D eigenvalue weighted by Crippen LogP contribution is 2.16. The van der Waals surface area contributed by atoms with Gasteiger partial charge in [-0.2, -0.15) is 8.42 Å². The van der Waals surface area contributed by atoms with E-state index in [1.165, 1.54) is 116 Å². The van der Waals surface area contributed by atoms with Gasteiger partial charge >= 0.3 is 5.97 Å². The molecule has 0 heterocycles. The predicted molar refractivity (Wildman–Crippen MR) is 204 cm³/mol. The average molecular weight is 718 g/mol. The van der Waals surface area contributed by atoms with Gasteiger partial charge in [-0.1, -0.05) is 162 Å². The van der Waals surface area contributed by atoms with Crippen LogP contribution in [0.15, 0.2) is 0 Å². The molecule has 0 bridgehead atoms. The first kappa shape index (κ1) is 47.8. The summed E-state index contributed by atoms with van der Waals surface area (Å²) in [5, 5.41) is 2.91. The SMILES string of the molecule is CCCCCCCCCCCCCC(=O)N[C@H](COCC[C@@H](CCCCCCC)OC(=O)CCCCCCCCCCC)COS(C)(=O)=O. The summed E-state index contributed by atoms with van der Waals surface area (Å²) in [7, 11) is -3.65. The number of unbranched alkanes of at least 4 members (excludes halogenated alkanes) is 22. The highest BCUT2D eigenvalue weighted by atomic mass is 32.2. The van der Waals surface area contributed by atoms with Crippen molar-refractivity contribution < 1.29 is 31.7 Å². The van der Waals surface area contributed by atoms with Gasteiger partial charge in [0.15, 0.2) is 0 Å². The van der Waals surface area contributed by atoms with Gasteiger partial charge in [0.05, 0.1) is 32.1 Å². The first-order valence-electron chi connectivity index (χ1n) is 20.6. The molecule has 9 heteroatoms. The fraction of sp³-hybridized carbons (Fsp3) is 0.950. The number of nitrogens with one attached hydrogen (secondary N) is 1. The lowest BCUT2D eigenvalue weighted by Crippen LogP contribution is -2.42. The van der Waals surface area contributed by atoms with Gasteiger partial charge in [-0.3, -0.25) is 13.8 Å². The minimum Gasteiger partial charge on any atom is -0.462 e. The molecule has 0 saturated carbocycles. The third kappa shape index (κ3) is 36.4. The molecule has 0 rings (SSSR count). The fourth-order valence-electron chi connectivity index (χ4n) is 6.09. The lowest BCUT2D eigenvalue weighted by Gasteiger charge is -2.21. The molecule has 0 radical (unpaired) electrons. The van der Waals surface area contributed by atoms with Crippen LogP contribution in [-0.2, 0) is 33.4 Å². The zero-order valence-corrected chi connectivity index (χ0v) is 33.4. The van der Waals surface area contributed by atoms with Crippen LogP contribution in [0.1, 0.15) is 207 Å². The normalized spacial score (nSPS) is 13.0. The smallest absolute Gasteiger partial charge is 0.306 e. The molecule has 49 heavy (non-hydrogen) atoms. The van der Waals surface area contributed by atoms with E-state index in [0.717, 1.165) is 57.6 Å². The molecule has 292 valence electrons. The summed E-state index contributed by atoms with van der Waals surface area (Å²) in [4.78, 5) is 25.3. The van der Waals surface area contributed by atoms with Crippen LogP contribution in [0.2, 0.25) is 0 Å². The van der Waals surface area contributed by atoms with Crippen molar-refractivity contribution in [1.82, 2.24) is 5.32 Å². The van der Waals surface area contributed by atoms with E-state index >= 15 is 0 Å². The highest BCUT2D eigenvalue weighted by molar-refractivity contribution is 7.85. The second-order valence-electron chi connectivity index (χ2n) is 14.3. The van der Waals surface area contributed by atoms with Crippen LogP contribution in [0, 0.1) is 0 Å². The number of carbonyl (C=O) groups excluding carboxylic acids is 2. The molecule has 0 spiro atoms. The van der Waals surface area contributed by atoms with E-state index in [2.05, 4.69) is 26.1 Å². The molecule has 0 aliphatic heterocycles. The summed E-state index contributed by atoms with van der Waals surface area (Å²) >= 11 is 0. The van der Waals surface area contributed by atoms with Crippen molar-refractivity contribution in [3.8, 4) is 0 Å². The topological polar surface area (TPSA) is 108 Å². The van der Waals surface area contributed by atoms with Crippen molar-refractivity contribution in [3.63, 3.8) is 0 Å². The van der Waals surface area contributed by atoms with Crippen LogP contribution in [0.5, 0.6) is 0 Å². The van der Waals surface area contributed by atoms with Crippen LogP contribution in [0.4, 0.5) is 0 Å². The van der Waals surface area contributed by atoms with E-state index in [-0.39, 0.29) is 31.2 Å². The number of amides is 1. The first-order chi connectivity index (χ1) is 23.7. The minimum atomic E-state index is -3.65. The number of esters is 1. The summed E-state index contributed by atoms with van der Waals surface area (Å²) in [6, 6.07) is -0.573. The van der Waals surface area contributed by atoms with Gasteiger partial charge < -0.3 is 14.8 Å². The van der Waals surface area contributed by atoms with Crippen LogP contribution < -0.4 is 5.32 Å². The van der Waals surface area contributed by atoms with Crippen LogP contribution >= 0.6 is 0 Å². The largest absolute Gasteiger partial charge is 0.462 e. The third-order valence-corrected chi connectivity index (χ3v) is 9.74.